The first-order valence-corrected chi connectivity index (χ1v) is 10.0. The van der Waals surface area contributed by atoms with Crippen LogP contribution in [0.15, 0.2) is 65.3 Å². The van der Waals surface area contributed by atoms with Gasteiger partial charge in [-0.1, -0.05) is 23.2 Å². The molecule has 3 heterocycles. The number of benzene rings is 1. The van der Waals surface area contributed by atoms with Gasteiger partial charge in [-0.25, -0.2) is 9.97 Å². The van der Waals surface area contributed by atoms with Gasteiger partial charge in [0.15, 0.2) is 10.7 Å². The lowest BCUT2D eigenvalue weighted by Gasteiger charge is -2.18. The predicted molar refractivity (Wildman–Crippen MR) is 108 cm³/mol. The van der Waals surface area contributed by atoms with Gasteiger partial charge in [-0.3, -0.25) is 4.79 Å². The van der Waals surface area contributed by atoms with E-state index in [4.69, 9.17) is 23.2 Å². The monoisotopic (exact) mass is 430 g/mol. The van der Waals surface area contributed by atoms with E-state index in [1.807, 2.05) is 12.1 Å². The van der Waals surface area contributed by atoms with E-state index in [0.29, 0.717) is 31.5 Å². The number of Topliss-reactive ketones (excluding diaryl/α,β-unsaturated/α-hetero) is 1. The van der Waals surface area contributed by atoms with Gasteiger partial charge in [-0.05, 0) is 31.2 Å². The number of fused-ring (bicyclic) bond motifs is 1. The van der Waals surface area contributed by atoms with Crippen molar-refractivity contribution in [3.05, 3.63) is 71.0 Å². The molecule has 0 saturated carbocycles. The summed E-state index contributed by atoms with van der Waals surface area (Å²) in [4.78, 5) is 25.3. The molecule has 9 heteroatoms. The molecule has 0 bridgehead atoms. The summed E-state index contributed by atoms with van der Waals surface area (Å²) in [5.41, 5.74) is 1.05. The van der Waals surface area contributed by atoms with Gasteiger partial charge in [0.1, 0.15) is 11.9 Å². The largest absolute Gasteiger partial charge is 0.605 e. The number of hydrogen-bond acceptors (Lipinski definition) is 5. The number of carbonyl (C=O) groups is 1. The summed E-state index contributed by atoms with van der Waals surface area (Å²) in [7, 11) is 0. The van der Waals surface area contributed by atoms with E-state index in [1.54, 1.807) is 29.1 Å². The van der Waals surface area contributed by atoms with E-state index in [0.717, 1.165) is 0 Å². The lowest BCUT2D eigenvalue weighted by Crippen LogP contribution is -2.15. The highest BCUT2D eigenvalue weighted by molar-refractivity contribution is 7.91. The molecule has 0 N–H and O–H groups in total. The lowest BCUT2D eigenvalue weighted by molar-refractivity contribution is 0.101. The van der Waals surface area contributed by atoms with Crippen molar-refractivity contribution in [1.29, 1.82) is 0 Å². The average molecular weight is 431 g/mol. The molecule has 0 radical (unpaired) electrons. The van der Waals surface area contributed by atoms with Crippen molar-refractivity contribution in [2.75, 3.05) is 0 Å². The molecular formula is C19H12Cl2N4O2S. The Morgan fingerprint density at radius 1 is 1.11 bits per heavy atom. The fourth-order valence-electron chi connectivity index (χ4n) is 2.95. The van der Waals surface area contributed by atoms with Crippen molar-refractivity contribution >= 4 is 51.1 Å². The van der Waals surface area contributed by atoms with Crippen LogP contribution in [0.5, 0.6) is 0 Å². The van der Waals surface area contributed by atoms with E-state index in [1.165, 1.54) is 25.6 Å². The molecule has 3 aromatic heterocycles. The predicted octanol–water partition coefficient (Wildman–Crippen LogP) is 4.49. The van der Waals surface area contributed by atoms with Crippen LogP contribution < -0.4 is 0 Å². The molecule has 0 aliphatic carbocycles. The number of aromatic nitrogens is 4. The van der Waals surface area contributed by atoms with E-state index in [2.05, 4.69) is 15.0 Å². The van der Waals surface area contributed by atoms with E-state index in [-0.39, 0.29) is 16.4 Å². The topological polar surface area (TPSA) is 83.7 Å². The summed E-state index contributed by atoms with van der Waals surface area (Å²) in [5.74, 6) is -0.297. The normalized spacial score (nSPS) is 12.3. The maximum absolute atomic E-state index is 13.3. The second-order valence-electron chi connectivity index (χ2n) is 5.88. The Labute approximate surface area is 173 Å². The van der Waals surface area contributed by atoms with Crippen LogP contribution in [0, 0.1) is 0 Å². The van der Waals surface area contributed by atoms with Crippen LogP contribution in [0.1, 0.15) is 17.3 Å². The number of ketones is 1. The third-order valence-corrected chi connectivity index (χ3v) is 6.03. The summed E-state index contributed by atoms with van der Waals surface area (Å²) in [5, 5.41) is 1.33. The summed E-state index contributed by atoms with van der Waals surface area (Å²) in [6, 6.07) is 6.89. The van der Waals surface area contributed by atoms with Crippen molar-refractivity contribution in [3.8, 4) is 5.69 Å². The van der Waals surface area contributed by atoms with E-state index in [9.17, 15) is 9.35 Å². The molecule has 0 aliphatic rings. The van der Waals surface area contributed by atoms with Gasteiger partial charge in [-0.2, -0.15) is 4.98 Å². The molecule has 0 spiro atoms. The van der Waals surface area contributed by atoms with Gasteiger partial charge < -0.3 is 9.12 Å². The van der Waals surface area contributed by atoms with E-state index < -0.39 is 11.2 Å². The fraction of sp³-hybridized carbons (Fsp3) is 0.0526. The van der Waals surface area contributed by atoms with Crippen LogP contribution in [0.4, 0.5) is 0 Å². The number of pyridine rings is 1. The van der Waals surface area contributed by atoms with Crippen LogP contribution in [-0.4, -0.2) is 29.9 Å². The Morgan fingerprint density at radius 3 is 2.39 bits per heavy atom. The summed E-state index contributed by atoms with van der Waals surface area (Å²) >= 11 is 11.0. The molecule has 0 aliphatic heterocycles. The molecule has 140 valence electrons. The Morgan fingerprint density at radius 2 is 1.75 bits per heavy atom. The van der Waals surface area contributed by atoms with Crippen LogP contribution in [0.25, 0.3) is 16.6 Å². The number of rotatable bonds is 4. The van der Waals surface area contributed by atoms with Crippen molar-refractivity contribution < 1.29 is 9.35 Å². The highest BCUT2D eigenvalue weighted by atomic mass is 35.5. The Bertz CT molecular complexity index is 1180. The van der Waals surface area contributed by atoms with Crippen molar-refractivity contribution in [3.63, 3.8) is 0 Å². The highest BCUT2D eigenvalue weighted by Crippen LogP contribution is 2.38. The summed E-state index contributed by atoms with van der Waals surface area (Å²) in [6.07, 6.45) is 7.73. The molecule has 6 nitrogen and oxygen atoms in total. The second-order valence-corrected chi connectivity index (χ2v) is 8.09. The van der Waals surface area contributed by atoms with Crippen molar-refractivity contribution in [1.82, 2.24) is 19.5 Å². The zero-order valence-electron chi connectivity index (χ0n) is 14.5. The second kappa shape index (κ2) is 7.52. The molecule has 1 unspecified atom stereocenters. The van der Waals surface area contributed by atoms with Crippen LogP contribution in [0.3, 0.4) is 0 Å². The molecule has 4 rings (SSSR count). The van der Waals surface area contributed by atoms with Gasteiger partial charge in [0.2, 0.25) is 0 Å². The highest BCUT2D eigenvalue weighted by Gasteiger charge is 2.31. The van der Waals surface area contributed by atoms with Gasteiger partial charge in [0.05, 0.1) is 33.6 Å². The minimum atomic E-state index is -1.79. The Balaban J connectivity index is 2.16. The molecule has 0 amide bonds. The third kappa shape index (κ3) is 3.16. The minimum Gasteiger partial charge on any atom is -0.605 e. The Kier molecular flexibility index (Phi) is 5.07. The van der Waals surface area contributed by atoms with Crippen molar-refractivity contribution in [2.45, 2.75) is 16.8 Å². The zero-order chi connectivity index (χ0) is 19.8. The molecule has 1 atom stereocenters. The number of nitrogens with zero attached hydrogens (tertiary/aromatic N) is 4. The maximum Gasteiger partial charge on any atom is 0.264 e. The molecule has 4 aromatic rings. The van der Waals surface area contributed by atoms with Gasteiger partial charge in [0, 0.05) is 29.0 Å². The average Bonchev–Trinajstić information content (AvgIpc) is 3.24. The molecule has 1 aromatic carbocycles. The number of halogens is 2. The zero-order valence-corrected chi connectivity index (χ0v) is 16.8. The number of hydrogen-bond donors (Lipinski definition) is 0. The first-order chi connectivity index (χ1) is 13.5. The first kappa shape index (κ1) is 18.9. The van der Waals surface area contributed by atoms with Crippen molar-refractivity contribution in [2.24, 2.45) is 0 Å². The SMILES string of the molecule is CC(=O)c1c([S+]([O-])c2cncnc2)nc2c(Cl)ccc(Cl)c2c1-n1cccc1. The van der Waals surface area contributed by atoms with Gasteiger partial charge >= 0.3 is 0 Å². The first-order valence-electron chi connectivity index (χ1n) is 8.12. The summed E-state index contributed by atoms with van der Waals surface area (Å²) < 4.78 is 15.0. The summed E-state index contributed by atoms with van der Waals surface area (Å²) in [6.45, 7) is 1.40. The Hall–Kier alpha value is -2.45. The molecule has 0 fully saturated rings. The third-order valence-electron chi connectivity index (χ3n) is 4.12. The van der Waals surface area contributed by atoms with Crippen LogP contribution in [-0.2, 0) is 11.2 Å². The molecular weight excluding hydrogens is 419 g/mol. The van der Waals surface area contributed by atoms with Crippen LogP contribution in [0.2, 0.25) is 10.0 Å². The fourth-order valence-corrected chi connectivity index (χ4v) is 4.52. The quantitative estimate of drug-likeness (QED) is 0.351. The maximum atomic E-state index is 13.3. The van der Waals surface area contributed by atoms with E-state index >= 15 is 0 Å². The lowest BCUT2D eigenvalue weighted by atomic mass is 10.1. The van der Waals surface area contributed by atoms with Crippen LogP contribution >= 0.6 is 23.2 Å². The van der Waals surface area contributed by atoms with Gasteiger partial charge in [0.25, 0.3) is 5.03 Å². The molecule has 0 saturated heterocycles. The minimum absolute atomic E-state index is 0.0858. The van der Waals surface area contributed by atoms with Gasteiger partial charge in [-0.15, -0.1) is 0 Å². The standard InChI is InChI=1S/C19H12Cl2N4O2S/c1-11(26)15-18(25-6-2-3-7-25)16-13(20)4-5-14(21)17(16)24-19(15)28(27)12-8-22-10-23-9-12/h2-10H,1H3. The molecule has 28 heavy (non-hydrogen) atoms. The number of carbonyl (C=O) groups excluding carboxylic acids is 1. The smallest absolute Gasteiger partial charge is 0.264 e.